The lowest BCUT2D eigenvalue weighted by Crippen LogP contribution is -2.24. The maximum absolute atomic E-state index is 12.7. The smallest absolute Gasteiger partial charge is 0.257 e. The van der Waals surface area contributed by atoms with Crippen LogP contribution in [-0.4, -0.2) is 9.67 Å². The van der Waals surface area contributed by atoms with Gasteiger partial charge in [0, 0.05) is 11.9 Å². The van der Waals surface area contributed by atoms with E-state index in [1.807, 2.05) is 61.5 Å². The molecule has 22 heavy (non-hydrogen) atoms. The number of nitrogens with zero attached hydrogens (tertiary/aromatic N) is 1. The van der Waals surface area contributed by atoms with Crippen LogP contribution in [0.1, 0.15) is 18.1 Å². The topological polar surface area (TPSA) is 42.2 Å². The van der Waals surface area contributed by atoms with Crippen molar-refractivity contribution in [3.05, 3.63) is 76.1 Å². The van der Waals surface area contributed by atoms with Gasteiger partial charge in [-0.15, -0.1) is 0 Å². The van der Waals surface area contributed by atoms with Crippen LogP contribution in [0.3, 0.4) is 0 Å². The molecule has 112 valence electrons. The Hall–Kier alpha value is -2.55. The fourth-order valence-corrected chi connectivity index (χ4v) is 2.90. The molecule has 0 aliphatic carbocycles. The van der Waals surface area contributed by atoms with Crippen LogP contribution in [0, 0.1) is 0 Å². The highest BCUT2D eigenvalue weighted by atomic mass is 16.3. The highest BCUT2D eigenvalue weighted by Crippen LogP contribution is 2.27. The fraction of sp³-hybridized carbons (Fsp3) is 0.211. The molecule has 3 nitrogen and oxygen atoms in total. The van der Waals surface area contributed by atoms with Crippen LogP contribution in [-0.2, 0) is 19.4 Å². The first-order chi connectivity index (χ1) is 10.7. The van der Waals surface area contributed by atoms with Crippen LogP contribution in [0.2, 0.25) is 0 Å². The van der Waals surface area contributed by atoms with E-state index in [9.17, 15) is 9.90 Å². The summed E-state index contributed by atoms with van der Waals surface area (Å²) in [4.78, 5) is 12.7. The molecule has 0 fully saturated rings. The van der Waals surface area contributed by atoms with Crippen molar-refractivity contribution < 1.29 is 5.11 Å². The lowest BCUT2D eigenvalue weighted by atomic mass is 10.0. The average molecular weight is 293 g/mol. The first kappa shape index (κ1) is 14.4. The van der Waals surface area contributed by atoms with Crippen molar-refractivity contribution in [2.45, 2.75) is 26.3 Å². The minimum Gasteiger partial charge on any atom is -0.507 e. The van der Waals surface area contributed by atoms with Gasteiger partial charge in [0.25, 0.3) is 5.56 Å². The van der Waals surface area contributed by atoms with E-state index in [-0.39, 0.29) is 11.3 Å². The molecule has 0 saturated carbocycles. The zero-order chi connectivity index (χ0) is 15.5. The molecular formula is C19H19NO2. The van der Waals surface area contributed by atoms with Gasteiger partial charge in [-0.05, 0) is 37.5 Å². The number of rotatable bonds is 4. The maximum Gasteiger partial charge on any atom is 0.257 e. The molecule has 0 bridgehead atoms. The van der Waals surface area contributed by atoms with E-state index in [1.165, 1.54) is 0 Å². The largest absolute Gasteiger partial charge is 0.507 e. The second kappa shape index (κ2) is 6.06. The normalized spacial score (nSPS) is 11.0. The minimum absolute atomic E-state index is 0.0883. The number of aryl methyl sites for hydroxylation is 2. The summed E-state index contributed by atoms with van der Waals surface area (Å²) in [7, 11) is 0. The third kappa shape index (κ3) is 2.50. The molecule has 1 heterocycles. The van der Waals surface area contributed by atoms with Gasteiger partial charge >= 0.3 is 0 Å². The van der Waals surface area contributed by atoms with Crippen molar-refractivity contribution in [1.82, 2.24) is 4.57 Å². The molecule has 0 aliphatic rings. The van der Waals surface area contributed by atoms with E-state index in [0.29, 0.717) is 18.5 Å². The van der Waals surface area contributed by atoms with Crippen LogP contribution in [0.4, 0.5) is 0 Å². The molecule has 0 amide bonds. The molecule has 0 unspecified atom stereocenters. The van der Waals surface area contributed by atoms with Gasteiger partial charge in [0.15, 0.2) is 0 Å². The van der Waals surface area contributed by atoms with Crippen molar-refractivity contribution in [1.29, 1.82) is 0 Å². The Kier molecular flexibility index (Phi) is 3.96. The fourth-order valence-electron chi connectivity index (χ4n) is 2.90. The summed E-state index contributed by atoms with van der Waals surface area (Å²) in [5.41, 5.74) is 2.37. The van der Waals surface area contributed by atoms with Crippen LogP contribution in [0.5, 0.6) is 5.75 Å². The summed E-state index contributed by atoms with van der Waals surface area (Å²) in [6.07, 6.45) is 1.28. The molecule has 0 spiro atoms. The van der Waals surface area contributed by atoms with Gasteiger partial charge < -0.3 is 9.67 Å². The van der Waals surface area contributed by atoms with E-state index in [4.69, 9.17) is 0 Å². The first-order valence-corrected chi connectivity index (χ1v) is 7.59. The third-order valence-electron chi connectivity index (χ3n) is 4.06. The van der Waals surface area contributed by atoms with Crippen molar-refractivity contribution >= 4 is 10.9 Å². The van der Waals surface area contributed by atoms with Gasteiger partial charge in [-0.2, -0.15) is 0 Å². The van der Waals surface area contributed by atoms with Crippen molar-refractivity contribution in [2.75, 3.05) is 0 Å². The molecule has 0 aliphatic heterocycles. The summed E-state index contributed by atoms with van der Waals surface area (Å²) in [5, 5.41) is 11.3. The molecule has 0 radical (unpaired) electrons. The maximum atomic E-state index is 12.7. The Labute approximate surface area is 129 Å². The molecule has 1 aromatic heterocycles. The summed E-state index contributed by atoms with van der Waals surface area (Å²) < 4.78 is 1.73. The number of hydrogen-bond acceptors (Lipinski definition) is 2. The van der Waals surface area contributed by atoms with Crippen molar-refractivity contribution in [3.8, 4) is 5.75 Å². The number of para-hydroxylation sites is 1. The Bertz CT molecular complexity index is 850. The Morgan fingerprint density at radius 1 is 0.955 bits per heavy atom. The van der Waals surface area contributed by atoms with Gasteiger partial charge in [0.05, 0.1) is 11.1 Å². The molecule has 1 N–H and O–H groups in total. The van der Waals surface area contributed by atoms with Gasteiger partial charge in [-0.1, -0.05) is 42.5 Å². The summed E-state index contributed by atoms with van der Waals surface area (Å²) >= 11 is 0. The van der Waals surface area contributed by atoms with E-state index in [0.717, 1.165) is 22.9 Å². The zero-order valence-electron chi connectivity index (χ0n) is 12.6. The number of benzene rings is 2. The molecular weight excluding hydrogens is 274 g/mol. The summed E-state index contributed by atoms with van der Waals surface area (Å²) in [6.45, 7) is 2.55. The van der Waals surface area contributed by atoms with E-state index >= 15 is 0 Å². The third-order valence-corrected chi connectivity index (χ3v) is 4.06. The van der Waals surface area contributed by atoms with Gasteiger partial charge in [-0.3, -0.25) is 4.79 Å². The second-order valence-corrected chi connectivity index (χ2v) is 5.38. The predicted octanol–water partition coefficient (Wildman–Crippen LogP) is 3.51. The SMILES string of the molecule is CCn1c(=O)c(CCc2ccccc2)c(O)c2ccccc21. The van der Waals surface area contributed by atoms with Crippen LogP contribution >= 0.6 is 0 Å². The van der Waals surface area contributed by atoms with E-state index in [2.05, 4.69) is 0 Å². The lowest BCUT2D eigenvalue weighted by Gasteiger charge is -2.13. The number of hydrogen-bond donors (Lipinski definition) is 1. The summed E-state index contributed by atoms with van der Waals surface area (Å²) in [6, 6.07) is 17.5. The second-order valence-electron chi connectivity index (χ2n) is 5.38. The summed E-state index contributed by atoms with van der Waals surface area (Å²) in [5.74, 6) is 0.126. The highest BCUT2D eigenvalue weighted by Gasteiger charge is 2.15. The van der Waals surface area contributed by atoms with Crippen LogP contribution < -0.4 is 5.56 Å². The monoisotopic (exact) mass is 293 g/mol. The van der Waals surface area contributed by atoms with Crippen molar-refractivity contribution in [2.24, 2.45) is 0 Å². The average Bonchev–Trinajstić information content (AvgIpc) is 2.56. The molecule has 0 atom stereocenters. The Morgan fingerprint density at radius 3 is 2.36 bits per heavy atom. The van der Waals surface area contributed by atoms with Crippen LogP contribution in [0.15, 0.2) is 59.4 Å². The highest BCUT2D eigenvalue weighted by molar-refractivity contribution is 5.86. The number of aromatic hydroxyl groups is 1. The molecule has 3 rings (SSSR count). The van der Waals surface area contributed by atoms with E-state index < -0.39 is 0 Å². The van der Waals surface area contributed by atoms with Crippen molar-refractivity contribution in [3.63, 3.8) is 0 Å². The molecule has 0 saturated heterocycles. The standard InChI is InChI=1S/C19H19NO2/c1-2-20-17-11-7-6-10-15(17)18(21)16(19(20)22)13-12-14-8-4-3-5-9-14/h3-11,21H,2,12-13H2,1H3. The first-order valence-electron chi connectivity index (χ1n) is 7.59. The number of aromatic nitrogens is 1. The number of fused-ring (bicyclic) bond motifs is 1. The molecule has 3 heteroatoms. The Morgan fingerprint density at radius 2 is 1.64 bits per heavy atom. The minimum atomic E-state index is -0.0883. The number of pyridine rings is 1. The molecule has 2 aromatic carbocycles. The van der Waals surface area contributed by atoms with E-state index in [1.54, 1.807) is 4.57 Å². The zero-order valence-corrected chi connectivity index (χ0v) is 12.6. The quantitative estimate of drug-likeness (QED) is 0.800. The molecule has 3 aromatic rings. The van der Waals surface area contributed by atoms with Gasteiger partial charge in [0.2, 0.25) is 0 Å². The lowest BCUT2D eigenvalue weighted by molar-refractivity contribution is 0.470. The van der Waals surface area contributed by atoms with Crippen LogP contribution in [0.25, 0.3) is 10.9 Å². The predicted molar refractivity (Wildman–Crippen MR) is 89.4 cm³/mol. The van der Waals surface area contributed by atoms with Gasteiger partial charge in [0.1, 0.15) is 5.75 Å². The Balaban J connectivity index is 2.07. The van der Waals surface area contributed by atoms with Gasteiger partial charge in [-0.25, -0.2) is 0 Å².